The first kappa shape index (κ1) is 13.9. The SMILES string of the molecule is O=C(N/N=C\C=C\c1ccco1)c1ccc2c(c1)OCCO2. The van der Waals surface area contributed by atoms with Crippen LogP contribution in [-0.2, 0) is 0 Å². The summed E-state index contributed by atoms with van der Waals surface area (Å²) in [5.41, 5.74) is 2.89. The number of hydrogen-bond acceptors (Lipinski definition) is 5. The van der Waals surface area contributed by atoms with Crippen molar-refractivity contribution in [2.45, 2.75) is 0 Å². The largest absolute Gasteiger partial charge is 0.486 e. The van der Waals surface area contributed by atoms with Crippen molar-refractivity contribution in [3.63, 3.8) is 0 Å². The summed E-state index contributed by atoms with van der Waals surface area (Å²) < 4.78 is 16.0. The molecule has 1 aliphatic heterocycles. The lowest BCUT2D eigenvalue weighted by molar-refractivity contribution is 0.0954. The minimum absolute atomic E-state index is 0.320. The van der Waals surface area contributed by atoms with Crippen LogP contribution in [0.2, 0.25) is 0 Å². The lowest BCUT2D eigenvalue weighted by Gasteiger charge is -2.18. The molecule has 0 saturated heterocycles. The van der Waals surface area contributed by atoms with E-state index in [0.29, 0.717) is 36.0 Å². The normalized spacial score (nSPS) is 13.6. The Labute approximate surface area is 127 Å². The molecule has 2 aromatic rings. The van der Waals surface area contributed by atoms with Crippen LogP contribution in [0.4, 0.5) is 0 Å². The van der Waals surface area contributed by atoms with E-state index in [2.05, 4.69) is 10.5 Å². The summed E-state index contributed by atoms with van der Waals surface area (Å²) in [6.07, 6.45) is 6.46. The van der Waals surface area contributed by atoms with Crippen LogP contribution in [0, 0.1) is 0 Å². The molecular formula is C16H14N2O4. The smallest absolute Gasteiger partial charge is 0.271 e. The molecule has 1 amide bonds. The highest BCUT2D eigenvalue weighted by Crippen LogP contribution is 2.30. The van der Waals surface area contributed by atoms with Crippen molar-refractivity contribution < 1.29 is 18.7 Å². The third kappa shape index (κ3) is 3.35. The van der Waals surface area contributed by atoms with Crippen molar-refractivity contribution in [1.29, 1.82) is 0 Å². The Hall–Kier alpha value is -3.02. The Morgan fingerprint density at radius 3 is 2.86 bits per heavy atom. The quantitative estimate of drug-likeness (QED) is 0.695. The van der Waals surface area contributed by atoms with Crippen molar-refractivity contribution in [1.82, 2.24) is 5.43 Å². The molecule has 1 N–H and O–H groups in total. The van der Waals surface area contributed by atoms with Gasteiger partial charge in [0, 0.05) is 11.8 Å². The molecule has 112 valence electrons. The molecule has 1 aliphatic rings. The van der Waals surface area contributed by atoms with E-state index in [0.717, 1.165) is 0 Å². The molecule has 3 rings (SSSR count). The van der Waals surface area contributed by atoms with Crippen LogP contribution < -0.4 is 14.9 Å². The fourth-order valence-electron chi connectivity index (χ4n) is 1.91. The highest BCUT2D eigenvalue weighted by molar-refractivity contribution is 5.95. The Bertz CT molecular complexity index is 705. The first-order chi connectivity index (χ1) is 10.8. The molecule has 0 bridgehead atoms. The summed E-state index contributed by atoms with van der Waals surface area (Å²) in [6, 6.07) is 8.62. The van der Waals surface area contributed by atoms with Gasteiger partial charge in [-0.2, -0.15) is 5.10 Å². The Morgan fingerprint density at radius 1 is 1.18 bits per heavy atom. The summed E-state index contributed by atoms with van der Waals surface area (Å²) in [5, 5.41) is 3.83. The van der Waals surface area contributed by atoms with Crippen LogP contribution in [-0.4, -0.2) is 25.3 Å². The zero-order chi connectivity index (χ0) is 15.2. The Morgan fingerprint density at radius 2 is 2.05 bits per heavy atom. The maximum absolute atomic E-state index is 12.0. The Balaban J connectivity index is 1.57. The van der Waals surface area contributed by atoms with Crippen LogP contribution in [0.1, 0.15) is 16.1 Å². The summed E-state index contributed by atoms with van der Waals surface area (Å²) in [4.78, 5) is 12.0. The summed E-state index contributed by atoms with van der Waals surface area (Å²) in [6.45, 7) is 0.999. The number of allylic oxidation sites excluding steroid dienone is 1. The zero-order valence-electron chi connectivity index (χ0n) is 11.7. The first-order valence-electron chi connectivity index (χ1n) is 6.76. The summed E-state index contributed by atoms with van der Waals surface area (Å²) in [7, 11) is 0. The van der Waals surface area contributed by atoms with Gasteiger partial charge in [0.25, 0.3) is 5.91 Å². The molecule has 0 spiro atoms. The number of hydrogen-bond donors (Lipinski definition) is 1. The molecule has 0 saturated carbocycles. The van der Waals surface area contributed by atoms with E-state index < -0.39 is 0 Å². The number of carbonyl (C=O) groups excluding carboxylic acids is 1. The van der Waals surface area contributed by atoms with Gasteiger partial charge in [-0.15, -0.1) is 0 Å². The highest BCUT2D eigenvalue weighted by atomic mass is 16.6. The number of nitrogens with one attached hydrogen (secondary N) is 1. The molecule has 6 nitrogen and oxygen atoms in total. The van der Waals surface area contributed by atoms with Gasteiger partial charge in [-0.05, 0) is 42.5 Å². The molecule has 22 heavy (non-hydrogen) atoms. The molecule has 6 heteroatoms. The van der Waals surface area contributed by atoms with Crippen molar-refractivity contribution in [2.75, 3.05) is 13.2 Å². The van der Waals surface area contributed by atoms with Gasteiger partial charge in [0.2, 0.25) is 0 Å². The predicted molar refractivity (Wildman–Crippen MR) is 81.1 cm³/mol. The van der Waals surface area contributed by atoms with Crippen molar-refractivity contribution >= 4 is 18.2 Å². The molecule has 1 aromatic heterocycles. The monoisotopic (exact) mass is 298 g/mol. The second-order valence-corrected chi connectivity index (χ2v) is 4.45. The third-order valence-electron chi connectivity index (χ3n) is 2.93. The van der Waals surface area contributed by atoms with Gasteiger partial charge in [-0.3, -0.25) is 4.79 Å². The van der Waals surface area contributed by atoms with E-state index in [1.807, 2.05) is 6.07 Å². The maximum Gasteiger partial charge on any atom is 0.271 e. The average molecular weight is 298 g/mol. The minimum atomic E-state index is -0.320. The van der Waals surface area contributed by atoms with E-state index in [4.69, 9.17) is 13.9 Å². The molecule has 2 heterocycles. The fourth-order valence-corrected chi connectivity index (χ4v) is 1.91. The number of ether oxygens (including phenoxy) is 2. The topological polar surface area (TPSA) is 73.1 Å². The van der Waals surface area contributed by atoms with Gasteiger partial charge >= 0.3 is 0 Å². The van der Waals surface area contributed by atoms with Crippen LogP contribution in [0.5, 0.6) is 11.5 Å². The van der Waals surface area contributed by atoms with Gasteiger partial charge in [-0.25, -0.2) is 5.43 Å². The lowest BCUT2D eigenvalue weighted by Crippen LogP contribution is -2.19. The van der Waals surface area contributed by atoms with E-state index in [1.165, 1.54) is 6.21 Å². The van der Waals surface area contributed by atoms with E-state index in [-0.39, 0.29) is 5.91 Å². The minimum Gasteiger partial charge on any atom is -0.486 e. The van der Waals surface area contributed by atoms with Crippen LogP contribution in [0.15, 0.2) is 52.2 Å². The molecule has 0 unspecified atom stereocenters. The lowest BCUT2D eigenvalue weighted by atomic mass is 10.2. The molecule has 0 radical (unpaired) electrons. The number of fused-ring (bicyclic) bond motifs is 1. The second kappa shape index (κ2) is 6.62. The van der Waals surface area contributed by atoms with Gasteiger partial charge < -0.3 is 13.9 Å². The van der Waals surface area contributed by atoms with Gasteiger partial charge in [0.15, 0.2) is 11.5 Å². The highest BCUT2D eigenvalue weighted by Gasteiger charge is 2.14. The zero-order valence-corrected chi connectivity index (χ0v) is 11.7. The van der Waals surface area contributed by atoms with Crippen molar-refractivity contribution in [3.05, 3.63) is 54.0 Å². The van der Waals surface area contributed by atoms with Gasteiger partial charge in [0.05, 0.1) is 6.26 Å². The number of nitrogens with zero attached hydrogens (tertiary/aromatic N) is 1. The number of rotatable bonds is 4. The molecule has 0 aliphatic carbocycles. The number of carbonyl (C=O) groups is 1. The molecule has 0 fully saturated rings. The van der Waals surface area contributed by atoms with Gasteiger partial charge in [0.1, 0.15) is 19.0 Å². The fraction of sp³-hybridized carbons (Fsp3) is 0.125. The van der Waals surface area contributed by atoms with E-state index in [9.17, 15) is 4.79 Å². The number of benzene rings is 1. The molecule has 1 aromatic carbocycles. The van der Waals surface area contributed by atoms with Crippen molar-refractivity contribution in [3.8, 4) is 11.5 Å². The van der Waals surface area contributed by atoms with Crippen molar-refractivity contribution in [2.24, 2.45) is 5.10 Å². The third-order valence-corrected chi connectivity index (χ3v) is 2.93. The number of furan rings is 1. The van der Waals surface area contributed by atoms with Crippen LogP contribution >= 0.6 is 0 Å². The van der Waals surface area contributed by atoms with Crippen LogP contribution in [0.3, 0.4) is 0 Å². The summed E-state index contributed by atoms with van der Waals surface area (Å²) in [5.74, 6) is 1.61. The van der Waals surface area contributed by atoms with E-state index >= 15 is 0 Å². The number of hydrazone groups is 1. The maximum atomic E-state index is 12.0. The van der Waals surface area contributed by atoms with Gasteiger partial charge in [-0.1, -0.05) is 0 Å². The number of amides is 1. The first-order valence-corrected chi connectivity index (χ1v) is 6.76. The molecular weight excluding hydrogens is 284 g/mol. The van der Waals surface area contributed by atoms with E-state index in [1.54, 1.807) is 42.7 Å². The predicted octanol–water partition coefficient (Wildman–Crippen LogP) is 2.48. The molecule has 0 atom stereocenters. The summed E-state index contributed by atoms with van der Waals surface area (Å²) >= 11 is 0. The standard InChI is InChI=1S/C16H14N2O4/c19-16(18-17-7-1-3-13-4-2-8-20-13)12-5-6-14-15(11-12)22-10-9-21-14/h1-8,11H,9-10H2,(H,18,19)/b3-1+,17-7-. The van der Waals surface area contributed by atoms with Crippen LogP contribution in [0.25, 0.3) is 6.08 Å². The average Bonchev–Trinajstić information content (AvgIpc) is 3.07. The Kier molecular flexibility index (Phi) is 4.20. The second-order valence-electron chi connectivity index (χ2n) is 4.45.